The molecule has 3 rings (SSSR count). The normalized spacial score (nSPS) is 14.5. The highest BCUT2D eigenvalue weighted by Gasteiger charge is 2.23. The summed E-state index contributed by atoms with van der Waals surface area (Å²) in [5, 5.41) is 8.97. The quantitative estimate of drug-likeness (QED) is 0.715. The van der Waals surface area contributed by atoms with Crippen molar-refractivity contribution in [1.29, 1.82) is 0 Å². The van der Waals surface area contributed by atoms with Gasteiger partial charge in [-0.1, -0.05) is 30.3 Å². The molecule has 0 saturated heterocycles. The number of fused-ring (bicyclic) bond motifs is 1. The number of rotatable bonds is 8. The van der Waals surface area contributed by atoms with Crippen LogP contribution in [0.5, 0.6) is 11.5 Å². The number of sulfonamides is 1. The Balaban J connectivity index is 1.79. The standard InChI is InChI=1S/C19H21NO6S/c21-19(22)9-6-15(12-14-4-2-1-3-5-14)20-27(23,24)16-7-8-17-18(13-16)26-11-10-25-17/h1-5,7-8,13,15,20H,6,9-12H2,(H,21,22). The summed E-state index contributed by atoms with van der Waals surface area (Å²) in [5.74, 6) is -0.0761. The first-order valence-corrected chi connectivity index (χ1v) is 10.1. The molecule has 2 aromatic carbocycles. The van der Waals surface area contributed by atoms with Gasteiger partial charge in [0, 0.05) is 18.5 Å². The zero-order chi connectivity index (χ0) is 19.3. The van der Waals surface area contributed by atoms with Gasteiger partial charge in [-0.25, -0.2) is 13.1 Å². The number of carbonyl (C=O) groups is 1. The van der Waals surface area contributed by atoms with E-state index in [9.17, 15) is 13.2 Å². The summed E-state index contributed by atoms with van der Waals surface area (Å²) in [4.78, 5) is 11.0. The first-order valence-electron chi connectivity index (χ1n) is 8.62. The van der Waals surface area contributed by atoms with Gasteiger partial charge in [0.05, 0.1) is 4.90 Å². The third kappa shape index (κ3) is 5.21. The highest BCUT2D eigenvalue weighted by molar-refractivity contribution is 7.89. The molecule has 2 N–H and O–H groups in total. The molecular weight excluding hydrogens is 370 g/mol. The lowest BCUT2D eigenvalue weighted by atomic mass is 10.0. The molecule has 0 radical (unpaired) electrons. The molecule has 27 heavy (non-hydrogen) atoms. The van der Waals surface area contributed by atoms with Crippen LogP contribution in [-0.2, 0) is 21.2 Å². The minimum atomic E-state index is -3.84. The number of hydrogen-bond donors (Lipinski definition) is 2. The monoisotopic (exact) mass is 391 g/mol. The highest BCUT2D eigenvalue weighted by atomic mass is 32.2. The van der Waals surface area contributed by atoms with Crippen LogP contribution in [0.15, 0.2) is 53.4 Å². The Hall–Kier alpha value is -2.58. The number of ether oxygens (including phenoxy) is 2. The van der Waals surface area contributed by atoms with Crippen molar-refractivity contribution in [2.24, 2.45) is 0 Å². The fraction of sp³-hybridized carbons (Fsp3) is 0.316. The zero-order valence-corrected chi connectivity index (χ0v) is 15.4. The second-order valence-electron chi connectivity index (χ2n) is 6.25. The Kier molecular flexibility index (Phi) is 5.98. The van der Waals surface area contributed by atoms with E-state index in [0.717, 1.165) is 5.56 Å². The van der Waals surface area contributed by atoms with Gasteiger partial charge in [-0.15, -0.1) is 0 Å². The summed E-state index contributed by atoms with van der Waals surface area (Å²) in [7, 11) is -3.84. The molecule has 1 aliphatic rings. The molecule has 0 aromatic heterocycles. The average Bonchev–Trinajstić information content (AvgIpc) is 2.66. The van der Waals surface area contributed by atoms with E-state index in [0.29, 0.717) is 31.1 Å². The molecular formula is C19H21NO6S. The number of aliphatic carboxylic acids is 1. The Morgan fingerprint density at radius 2 is 1.78 bits per heavy atom. The largest absolute Gasteiger partial charge is 0.486 e. The first-order chi connectivity index (χ1) is 12.9. The van der Waals surface area contributed by atoms with Crippen LogP contribution in [0.3, 0.4) is 0 Å². The molecule has 1 aliphatic heterocycles. The van der Waals surface area contributed by atoms with E-state index in [2.05, 4.69) is 4.72 Å². The lowest BCUT2D eigenvalue weighted by Gasteiger charge is -2.21. The summed E-state index contributed by atoms with van der Waals surface area (Å²) < 4.78 is 39.1. The summed E-state index contributed by atoms with van der Waals surface area (Å²) in [5.41, 5.74) is 0.928. The smallest absolute Gasteiger partial charge is 0.303 e. The van der Waals surface area contributed by atoms with Gasteiger partial charge in [-0.2, -0.15) is 0 Å². The van der Waals surface area contributed by atoms with Crippen molar-refractivity contribution >= 4 is 16.0 Å². The maximum Gasteiger partial charge on any atom is 0.303 e. The first kappa shape index (κ1) is 19.2. The second-order valence-corrected chi connectivity index (χ2v) is 7.96. The van der Waals surface area contributed by atoms with Crippen LogP contribution in [0.2, 0.25) is 0 Å². The topological polar surface area (TPSA) is 102 Å². The Labute approximate surface area is 158 Å². The van der Waals surface area contributed by atoms with Gasteiger partial charge in [0.2, 0.25) is 10.0 Å². The number of carboxylic acid groups (broad SMARTS) is 1. The predicted octanol–water partition coefficient (Wildman–Crippen LogP) is 2.21. The van der Waals surface area contributed by atoms with Crippen LogP contribution in [0.4, 0.5) is 0 Å². The van der Waals surface area contributed by atoms with Crippen LogP contribution in [0.25, 0.3) is 0 Å². The molecule has 0 spiro atoms. The van der Waals surface area contributed by atoms with E-state index in [-0.39, 0.29) is 17.7 Å². The molecule has 1 atom stereocenters. The van der Waals surface area contributed by atoms with E-state index in [1.165, 1.54) is 12.1 Å². The van der Waals surface area contributed by atoms with Crippen LogP contribution in [-0.4, -0.2) is 38.7 Å². The van der Waals surface area contributed by atoms with Crippen LogP contribution >= 0.6 is 0 Å². The van der Waals surface area contributed by atoms with Crippen LogP contribution in [0, 0.1) is 0 Å². The maximum absolute atomic E-state index is 12.8. The van der Waals surface area contributed by atoms with Crippen molar-refractivity contribution in [2.45, 2.75) is 30.2 Å². The molecule has 0 bridgehead atoms. The van der Waals surface area contributed by atoms with Gasteiger partial charge < -0.3 is 14.6 Å². The fourth-order valence-electron chi connectivity index (χ4n) is 2.88. The Morgan fingerprint density at radius 1 is 1.07 bits per heavy atom. The van der Waals surface area contributed by atoms with E-state index in [4.69, 9.17) is 14.6 Å². The number of benzene rings is 2. The zero-order valence-electron chi connectivity index (χ0n) is 14.6. The summed E-state index contributed by atoms with van der Waals surface area (Å²) >= 11 is 0. The van der Waals surface area contributed by atoms with E-state index < -0.39 is 22.0 Å². The van der Waals surface area contributed by atoms with E-state index >= 15 is 0 Å². The minimum Gasteiger partial charge on any atom is -0.486 e. The lowest BCUT2D eigenvalue weighted by Crippen LogP contribution is -2.37. The van der Waals surface area contributed by atoms with E-state index in [1.54, 1.807) is 6.07 Å². The highest BCUT2D eigenvalue weighted by Crippen LogP contribution is 2.32. The van der Waals surface area contributed by atoms with Crippen molar-refractivity contribution < 1.29 is 27.8 Å². The van der Waals surface area contributed by atoms with Gasteiger partial charge in [0.25, 0.3) is 0 Å². The average molecular weight is 391 g/mol. The summed E-state index contributed by atoms with van der Waals surface area (Å²) in [6.45, 7) is 0.783. The number of nitrogens with one attached hydrogen (secondary N) is 1. The second kappa shape index (κ2) is 8.41. The fourth-order valence-corrected chi connectivity index (χ4v) is 4.16. The van der Waals surface area contributed by atoms with Gasteiger partial charge in [0.15, 0.2) is 11.5 Å². The summed E-state index contributed by atoms with van der Waals surface area (Å²) in [6, 6.07) is 13.2. The molecule has 0 fully saturated rings. The van der Waals surface area contributed by atoms with Crippen molar-refractivity contribution in [1.82, 2.24) is 4.72 Å². The molecule has 8 heteroatoms. The maximum atomic E-state index is 12.8. The Morgan fingerprint density at radius 3 is 2.48 bits per heavy atom. The van der Waals surface area contributed by atoms with Gasteiger partial charge >= 0.3 is 5.97 Å². The molecule has 144 valence electrons. The minimum absolute atomic E-state index is 0.0557. The number of hydrogen-bond acceptors (Lipinski definition) is 5. The van der Waals surface area contributed by atoms with Crippen LogP contribution in [0.1, 0.15) is 18.4 Å². The lowest BCUT2D eigenvalue weighted by molar-refractivity contribution is -0.137. The third-order valence-corrected chi connectivity index (χ3v) is 5.70. The van der Waals surface area contributed by atoms with Gasteiger partial charge in [-0.05, 0) is 30.5 Å². The van der Waals surface area contributed by atoms with Crippen molar-refractivity contribution in [3.05, 3.63) is 54.1 Å². The molecule has 1 heterocycles. The Bertz CT molecular complexity index is 898. The van der Waals surface area contributed by atoms with Crippen molar-refractivity contribution in [3.63, 3.8) is 0 Å². The third-order valence-electron chi connectivity index (χ3n) is 4.18. The summed E-state index contributed by atoms with van der Waals surface area (Å²) in [6.07, 6.45) is 0.465. The number of carboxylic acids is 1. The van der Waals surface area contributed by atoms with Gasteiger partial charge in [-0.3, -0.25) is 4.79 Å². The molecule has 7 nitrogen and oxygen atoms in total. The molecule has 0 saturated carbocycles. The molecule has 0 amide bonds. The van der Waals surface area contributed by atoms with Gasteiger partial charge in [0.1, 0.15) is 13.2 Å². The van der Waals surface area contributed by atoms with Crippen molar-refractivity contribution in [3.8, 4) is 11.5 Å². The predicted molar refractivity (Wildman–Crippen MR) is 98.6 cm³/mol. The SMILES string of the molecule is O=C(O)CCC(Cc1ccccc1)NS(=O)(=O)c1ccc2c(c1)OCCO2. The van der Waals surface area contributed by atoms with E-state index in [1.807, 2.05) is 30.3 Å². The molecule has 0 aliphatic carbocycles. The molecule has 2 aromatic rings. The van der Waals surface area contributed by atoms with Crippen LogP contribution < -0.4 is 14.2 Å². The molecule has 1 unspecified atom stereocenters. The van der Waals surface area contributed by atoms with Crippen molar-refractivity contribution in [2.75, 3.05) is 13.2 Å².